The molecule has 0 aliphatic rings. The second-order valence-electron chi connectivity index (χ2n) is 9.46. The monoisotopic (exact) mass is 521 g/mol. The van der Waals surface area contributed by atoms with Gasteiger partial charge in [-0.05, 0) is 60.4 Å². The Bertz CT molecular complexity index is 1580. The number of nitrogens with one attached hydrogen (secondary N) is 1. The molecule has 8 heteroatoms. The standard InChI is InChI=1S/C31H31N5O3/c1-5-19(3)29(33)31(38)39-20(4)36-18-27(23-11-7-9-21(13-23)16-32)26-15-24(17-34-30(26)36)22-10-8-12-25(14-22)35-28(37)6-2/h6-15,17-20,29H,2,5,33H2,1,3-4H3,(H,35,37)/t19?,20-,29?/m0/s1. The summed E-state index contributed by atoms with van der Waals surface area (Å²) in [6, 6.07) is 18.2. The van der Waals surface area contributed by atoms with Crippen molar-refractivity contribution in [2.45, 2.75) is 39.5 Å². The van der Waals surface area contributed by atoms with Crippen molar-refractivity contribution < 1.29 is 14.3 Å². The lowest BCUT2D eigenvalue weighted by atomic mass is 10.0. The van der Waals surface area contributed by atoms with E-state index in [-0.39, 0.29) is 11.8 Å². The highest BCUT2D eigenvalue weighted by Gasteiger charge is 2.25. The highest BCUT2D eigenvalue weighted by atomic mass is 16.6. The molecule has 0 saturated carbocycles. The molecule has 39 heavy (non-hydrogen) atoms. The lowest BCUT2D eigenvalue weighted by Crippen LogP contribution is -2.38. The zero-order valence-electron chi connectivity index (χ0n) is 22.2. The van der Waals surface area contributed by atoms with Crippen molar-refractivity contribution >= 4 is 28.6 Å². The molecule has 0 spiro atoms. The first-order valence-electron chi connectivity index (χ1n) is 12.8. The van der Waals surface area contributed by atoms with E-state index in [0.29, 0.717) is 16.9 Å². The van der Waals surface area contributed by atoms with Gasteiger partial charge in [0.05, 0.1) is 11.6 Å². The van der Waals surface area contributed by atoms with Crippen LogP contribution in [0, 0.1) is 17.2 Å². The van der Waals surface area contributed by atoms with E-state index < -0.39 is 18.2 Å². The summed E-state index contributed by atoms with van der Waals surface area (Å²) >= 11 is 0. The Hall–Kier alpha value is -4.74. The molecular formula is C31H31N5O3. The average molecular weight is 522 g/mol. The number of rotatable bonds is 9. The molecular weight excluding hydrogens is 490 g/mol. The van der Waals surface area contributed by atoms with Crippen molar-refractivity contribution in [2.24, 2.45) is 11.7 Å². The Balaban J connectivity index is 1.80. The number of carbonyl (C=O) groups excluding carboxylic acids is 2. The molecule has 198 valence electrons. The maximum absolute atomic E-state index is 12.7. The molecule has 2 aromatic heterocycles. The number of esters is 1. The fraction of sp³-hybridized carbons (Fsp3) is 0.226. The van der Waals surface area contributed by atoms with E-state index in [1.165, 1.54) is 6.08 Å². The highest BCUT2D eigenvalue weighted by Crippen LogP contribution is 2.35. The van der Waals surface area contributed by atoms with Gasteiger partial charge in [-0.3, -0.25) is 14.2 Å². The summed E-state index contributed by atoms with van der Waals surface area (Å²) in [6.07, 6.45) is 4.93. The minimum Gasteiger partial charge on any atom is -0.440 e. The van der Waals surface area contributed by atoms with Crippen LogP contribution in [0.1, 0.15) is 39.0 Å². The Labute approximate surface area is 227 Å². The van der Waals surface area contributed by atoms with Crippen molar-refractivity contribution in [2.75, 3.05) is 5.32 Å². The van der Waals surface area contributed by atoms with E-state index in [0.717, 1.165) is 34.1 Å². The molecule has 1 amide bonds. The van der Waals surface area contributed by atoms with Crippen LogP contribution >= 0.6 is 0 Å². The van der Waals surface area contributed by atoms with Gasteiger partial charge in [-0.2, -0.15) is 5.26 Å². The Kier molecular flexibility index (Phi) is 8.23. The second kappa shape index (κ2) is 11.8. The topological polar surface area (TPSA) is 123 Å². The zero-order valence-corrected chi connectivity index (χ0v) is 22.2. The van der Waals surface area contributed by atoms with Crippen LogP contribution in [-0.2, 0) is 14.3 Å². The number of fused-ring (bicyclic) bond motifs is 1. The number of aromatic nitrogens is 2. The number of nitriles is 1. The van der Waals surface area contributed by atoms with Gasteiger partial charge in [-0.1, -0.05) is 51.1 Å². The van der Waals surface area contributed by atoms with Crippen LogP contribution < -0.4 is 11.1 Å². The van der Waals surface area contributed by atoms with E-state index in [9.17, 15) is 14.9 Å². The number of benzene rings is 2. The van der Waals surface area contributed by atoms with Crippen molar-refractivity contribution in [3.63, 3.8) is 0 Å². The first-order chi connectivity index (χ1) is 18.7. The number of pyridine rings is 1. The molecule has 0 saturated heterocycles. The van der Waals surface area contributed by atoms with Gasteiger partial charge in [0.15, 0.2) is 6.23 Å². The smallest absolute Gasteiger partial charge is 0.325 e. The number of nitrogens with zero attached hydrogens (tertiary/aromatic N) is 3. The second-order valence-corrected chi connectivity index (χ2v) is 9.46. The molecule has 8 nitrogen and oxygen atoms in total. The predicted octanol–water partition coefficient (Wildman–Crippen LogP) is 5.80. The van der Waals surface area contributed by atoms with Crippen molar-refractivity contribution in [3.8, 4) is 28.3 Å². The average Bonchev–Trinajstić information content (AvgIpc) is 3.35. The minimum absolute atomic E-state index is 0.0110. The SMILES string of the molecule is C=CC(=O)Nc1cccc(-c2cnc3c(c2)c(-c2cccc(C#N)c2)cn3[C@H](C)OC(=O)C(N)C(C)CC)c1. The van der Waals surface area contributed by atoms with Gasteiger partial charge in [0.25, 0.3) is 0 Å². The van der Waals surface area contributed by atoms with E-state index in [1.807, 2.05) is 62.5 Å². The molecule has 3 atom stereocenters. The van der Waals surface area contributed by atoms with Crippen LogP contribution in [0.15, 0.2) is 79.6 Å². The first-order valence-corrected chi connectivity index (χ1v) is 12.8. The molecule has 2 unspecified atom stereocenters. The molecule has 0 radical (unpaired) electrons. The number of amides is 1. The zero-order chi connectivity index (χ0) is 28.1. The van der Waals surface area contributed by atoms with Crippen LogP contribution in [0.5, 0.6) is 0 Å². The Morgan fingerprint density at radius 2 is 1.90 bits per heavy atom. The molecule has 4 rings (SSSR count). The van der Waals surface area contributed by atoms with E-state index >= 15 is 0 Å². The Morgan fingerprint density at radius 1 is 1.15 bits per heavy atom. The van der Waals surface area contributed by atoms with Gasteiger partial charge in [0.1, 0.15) is 11.7 Å². The van der Waals surface area contributed by atoms with Crippen molar-refractivity contribution in [3.05, 3.63) is 85.2 Å². The van der Waals surface area contributed by atoms with Gasteiger partial charge < -0.3 is 15.8 Å². The summed E-state index contributed by atoms with van der Waals surface area (Å²) < 4.78 is 7.56. The summed E-state index contributed by atoms with van der Waals surface area (Å²) in [6.45, 7) is 9.17. The molecule has 0 bridgehead atoms. The predicted molar refractivity (Wildman–Crippen MR) is 152 cm³/mol. The van der Waals surface area contributed by atoms with Gasteiger partial charge in [-0.25, -0.2) is 4.98 Å². The van der Waals surface area contributed by atoms with E-state index in [4.69, 9.17) is 15.5 Å². The fourth-order valence-electron chi connectivity index (χ4n) is 4.31. The third kappa shape index (κ3) is 5.89. The van der Waals surface area contributed by atoms with Gasteiger partial charge in [0, 0.05) is 34.6 Å². The van der Waals surface area contributed by atoms with Gasteiger partial charge in [0.2, 0.25) is 5.91 Å². The number of hydrogen-bond acceptors (Lipinski definition) is 6. The molecule has 2 heterocycles. The summed E-state index contributed by atoms with van der Waals surface area (Å²) in [4.78, 5) is 29.3. The van der Waals surface area contributed by atoms with Crippen molar-refractivity contribution in [1.29, 1.82) is 5.26 Å². The normalized spacial score (nSPS) is 13.2. The van der Waals surface area contributed by atoms with E-state index in [2.05, 4.69) is 18.0 Å². The van der Waals surface area contributed by atoms with Crippen LogP contribution in [0.4, 0.5) is 5.69 Å². The largest absolute Gasteiger partial charge is 0.440 e. The lowest BCUT2D eigenvalue weighted by Gasteiger charge is -2.21. The number of anilines is 1. The maximum atomic E-state index is 12.7. The molecule has 0 fully saturated rings. The molecule has 4 aromatic rings. The summed E-state index contributed by atoms with van der Waals surface area (Å²) in [5.41, 5.74) is 11.2. The first kappa shape index (κ1) is 27.3. The van der Waals surface area contributed by atoms with Gasteiger partial charge >= 0.3 is 5.97 Å². The molecule has 0 aliphatic carbocycles. The van der Waals surface area contributed by atoms with Crippen LogP contribution in [0.2, 0.25) is 0 Å². The van der Waals surface area contributed by atoms with Crippen molar-refractivity contribution in [1.82, 2.24) is 9.55 Å². The Morgan fingerprint density at radius 3 is 2.62 bits per heavy atom. The number of hydrogen-bond donors (Lipinski definition) is 2. The van der Waals surface area contributed by atoms with Crippen LogP contribution in [0.25, 0.3) is 33.3 Å². The third-order valence-corrected chi connectivity index (χ3v) is 6.83. The van der Waals surface area contributed by atoms with Gasteiger partial charge in [-0.15, -0.1) is 0 Å². The minimum atomic E-state index is -0.723. The molecule has 0 aliphatic heterocycles. The van der Waals surface area contributed by atoms with Crippen LogP contribution in [0.3, 0.4) is 0 Å². The van der Waals surface area contributed by atoms with Crippen LogP contribution in [-0.4, -0.2) is 27.5 Å². The number of ether oxygens (including phenoxy) is 1. The maximum Gasteiger partial charge on any atom is 0.325 e. The third-order valence-electron chi connectivity index (χ3n) is 6.83. The lowest BCUT2D eigenvalue weighted by molar-refractivity contribution is -0.155. The van der Waals surface area contributed by atoms with E-state index in [1.54, 1.807) is 29.8 Å². The summed E-state index contributed by atoms with van der Waals surface area (Å²) in [5.74, 6) is -0.779. The number of carbonyl (C=O) groups is 2. The molecule has 3 N–H and O–H groups in total. The highest BCUT2D eigenvalue weighted by molar-refractivity contribution is 6.00. The summed E-state index contributed by atoms with van der Waals surface area (Å²) in [7, 11) is 0. The quantitative estimate of drug-likeness (QED) is 0.212. The summed E-state index contributed by atoms with van der Waals surface area (Å²) in [5, 5.41) is 13.1. The molecule has 2 aromatic carbocycles. The number of nitrogens with two attached hydrogens (primary N) is 1. The fourth-order valence-corrected chi connectivity index (χ4v) is 4.31.